The van der Waals surface area contributed by atoms with E-state index in [2.05, 4.69) is 4.98 Å². The van der Waals surface area contributed by atoms with Gasteiger partial charge in [-0.3, -0.25) is 4.98 Å². The van der Waals surface area contributed by atoms with Gasteiger partial charge in [0, 0.05) is 24.0 Å². The standard InChI is InChI=1S/C10H13F3N2O/c1-7(14)9(16-6-10(11,12)13)8-3-2-4-15-5-8/h2-5,7,9H,6,14H2,1H3. The molecule has 0 bridgehead atoms. The maximum atomic E-state index is 12.0. The van der Waals surface area contributed by atoms with Crippen molar-refractivity contribution in [1.82, 2.24) is 4.98 Å². The molecule has 0 aromatic carbocycles. The Kier molecular flexibility index (Phi) is 4.26. The first-order chi connectivity index (χ1) is 7.40. The lowest BCUT2D eigenvalue weighted by Crippen LogP contribution is -2.30. The van der Waals surface area contributed by atoms with Gasteiger partial charge in [0.05, 0.1) is 6.10 Å². The first kappa shape index (κ1) is 12.9. The molecule has 2 atom stereocenters. The minimum atomic E-state index is -4.35. The van der Waals surface area contributed by atoms with E-state index in [1.807, 2.05) is 0 Å². The molecule has 0 aliphatic heterocycles. The number of alkyl halides is 3. The molecule has 90 valence electrons. The maximum Gasteiger partial charge on any atom is 0.411 e. The first-order valence-corrected chi connectivity index (χ1v) is 4.74. The van der Waals surface area contributed by atoms with E-state index >= 15 is 0 Å². The third-order valence-corrected chi connectivity index (χ3v) is 1.92. The Labute approximate surface area is 91.4 Å². The van der Waals surface area contributed by atoms with Crippen molar-refractivity contribution in [2.24, 2.45) is 5.73 Å². The molecule has 0 fully saturated rings. The molecule has 0 radical (unpaired) electrons. The molecule has 0 aliphatic carbocycles. The van der Waals surface area contributed by atoms with Gasteiger partial charge in [-0.1, -0.05) is 6.07 Å². The molecule has 0 saturated carbocycles. The second kappa shape index (κ2) is 5.27. The van der Waals surface area contributed by atoms with Gasteiger partial charge >= 0.3 is 6.18 Å². The molecule has 2 N–H and O–H groups in total. The van der Waals surface area contributed by atoms with Crippen LogP contribution in [-0.2, 0) is 4.74 Å². The van der Waals surface area contributed by atoms with Crippen molar-refractivity contribution < 1.29 is 17.9 Å². The van der Waals surface area contributed by atoms with E-state index in [1.54, 1.807) is 19.1 Å². The molecule has 2 unspecified atom stereocenters. The molecule has 6 heteroatoms. The average Bonchev–Trinajstić information content (AvgIpc) is 2.17. The summed E-state index contributed by atoms with van der Waals surface area (Å²) >= 11 is 0. The summed E-state index contributed by atoms with van der Waals surface area (Å²) in [6.07, 6.45) is -2.17. The van der Waals surface area contributed by atoms with E-state index in [0.29, 0.717) is 5.56 Å². The fraction of sp³-hybridized carbons (Fsp3) is 0.500. The highest BCUT2D eigenvalue weighted by Gasteiger charge is 2.30. The normalized spacial score (nSPS) is 15.8. The van der Waals surface area contributed by atoms with Crippen LogP contribution in [0.2, 0.25) is 0 Å². The van der Waals surface area contributed by atoms with E-state index in [-0.39, 0.29) is 0 Å². The van der Waals surface area contributed by atoms with Crippen molar-refractivity contribution in [1.29, 1.82) is 0 Å². The Morgan fingerprint density at radius 3 is 2.62 bits per heavy atom. The SMILES string of the molecule is CC(N)C(OCC(F)(F)F)c1cccnc1. The largest absolute Gasteiger partial charge is 0.411 e. The molecule has 3 nitrogen and oxygen atoms in total. The van der Waals surface area contributed by atoms with Gasteiger partial charge in [-0.2, -0.15) is 13.2 Å². The van der Waals surface area contributed by atoms with Crippen molar-refractivity contribution >= 4 is 0 Å². The van der Waals surface area contributed by atoms with Crippen molar-refractivity contribution in [3.8, 4) is 0 Å². The zero-order valence-corrected chi connectivity index (χ0v) is 8.74. The van der Waals surface area contributed by atoms with Gasteiger partial charge in [-0.05, 0) is 13.0 Å². The highest BCUT2D eigenvalue weighted by Crippen LogP contribution is 2.23. The van der Waals surface area contributed by atoms with E-state index in [4.69, 9.17) is 10.5 Å². The van der Waals surface area contributed by atoms with Gasteiger partial charge in [0.15, 0.2) is 0 Å². The van der Waals surface area contributed by atoms with Crippen LogP contribution in [0.5, 0.6) is 0 Å². The van der Waals surface area contributed by atoms with Crippen molar-refractivity contribution in [2.45, 2.75) is 25.2 Å². The summed E-state index contributed by atoms with van der Waals surface area (Å²) in [6.45, 7) is 0.280. The second-order valence-corrected chi connectivity index (χ2v) is 3.49. The summed E-state index contributed by atoms with van der Waals surface area (Å²) < 4.78 is 40.8. The van der Waals surface area contributed by atoms with Crippen LogP contribution in [0.3, 0.4) is 0 Å². The van der Waals surface area contributed by atoms with Crippen LogP contribution in [0, 0.1) is 0 Å². The van der Waals surface area contributed by atoms with Crippen LogP contribution in [0.15, 0.2) is 24.5 Å². The summed E-state index contributed by atoms with van der Waals surface area (Å²) in [6, 6.07) is 2.73. The number of nitrogens with zero attached hydrogens (tertiary/aromatic N) is 1. The Morgan fingerprint density at radius 2 is 2.19 bits per heavy atom. The highest BCUT2D eigenvalue weighted by molar-refractivity contribution is 5.13. The molecule has 0 saturated heterocycles. The number of nitrogens with two attached hydrogens (primary N) is 1. The molecule has 0 amide bonds. The summed E-state index contributed by atoms with van der Waals surface area (Å²) in [5, 5.41) is 0. The van der Waals surface area contributed by atoms with E-state index < -0.39 is 24.9 Å². The van der Waals surface area contributed by atoms with Gasteiger partial charge in [0.25, 0.3) is 0 Å². The quantitative estimate of drug-likeness (QED) is 0.867. The number of rotatable bonds is 4. The molecule has 1 heterocycles. The second-order valence-electron chi connectivity index (χ2n) is 3.49. The third-order valence-electron chi connectivity index (χ3n) is 1.92. The summed E-state index contributed by atoms with van der Waals surface area (Å²) in [5.41, 5.74) is 6.12. The molecule has 1 rings (SSSR count). The van der Waals surface area contributed by atoms with Gasteiger partial charge in [0.1, 0.15) is 6.61 Å². The smallest absolute Gasteiger partial charge is 0.362 e. The molecule has 16 heavy (non-hydrogen) atoms. The Hall–Kier alpha value is -1.14. The molecule has 1 aromatic heterocycles. The van der Waals surface area contributed by atoms with Gasteiger partial charge in [0.2, 0.25) is 0 Å². The highest BCUT2D eigenvalue weighted by atomic mass is 19.4. The van der Waals surface area contributed by atoms with Gasteiger partial charge < -0.3 is 10.5 Å². The van der Waals surface area contributed by atoms with Crippen LogP contribution >= 0.6 is 0 Å². The Balaban J connectivity index is 2.70. The molecule has 0 spiro atoms. The van der Waals surface area contributed by atoms with E-state index in [9.17, 15) is 13.2 Å². The third kappa shape index (κ3) is 4.16. The minimum absolute atomic E-state index is 0.536. The number of ether oxygens (including phenoxy) is 1. The van der Waals surface area contributed by atoms with Crippen molar-refractivity contribution in [2.75, 3.05) is 6.61 Å². The molecule has 0 aliphatic rings. The van der Waals surface area contributed by atoms with Crippen LogP contribution in [0.4, 0.5) is 13.2 Å². The zero-order valence-electron chi connectivity index (χ0n) is 8.74. The number of pyridine rings is 1. The monoisotopic (exact) mass is 234 g/mol. The van der Waals surface area contributed by atoms with E-state index in [0.717, 1.165) is 0 Å². The Bertz CT molecular complexity index is 314. The summed E-state index contributed by atoms with van der Waals surface area (Å²) in [5.74, 6) is 0. The lowest BCUT2D eigenvalue weighted by atomic mass is 10.1. The van der Waals surface area contributed by atoms with Crippen LogP contribution in [-0.4, -0.2) is 23.8 Å². The predicted molar refractivity (Wildman–Crippen MR) is 52.6 cm³/mol. The lowest BCUT2D eigenvalue weighted by Gasteiger charge is -2.22. The number of hydrogen-bond acceptors (Lipinski definition) is 3. The number of halogens is 3. The van der Waals surface area contributed by atoms with E-state index in [1.165, 1.54) is 12.4 Å². The van der Waals surface area contributed by atoms with Crippen molar-refractivity contribution in [3.05, 3.63) is 30.1 Å². The zero-order chi connectivity index (χ0) is 12.2. The van der Waals surface area contributed by atoms with Gasteiger partial charge in [-0.25, -0.2) is 0 Å². The fourth-order valence-corrected chi connectivity index (χ4v) is 1.28. The molecular weight excluding hydrogens is 221 g/mol. The fourth-order valence-electron chi connectivity index (χ4n) is 1.28. The summed E-state index contributed by atoms with van der Waals surface area (Å²) in [4.78, 5) is 3.82. The first-order valence-electron chi connectivity index (χ1n) is 4.74. The minimum Gasteiger partial charge on any atom is -0.362 e. The average molecular weight is 234 g/mol. The maximum absolute atomic E-state index is 12.0. The number of hydrogen-bond donors (Lipinski definition) is 1. The Morgan fingerprint density at radius 1 is 1.50 bits per heavy atom. The summed E-state index contributed by atoms with van der Waals surface area (Å²) in [7, 11) is 0. The van der Waals surface area contributed by atoms with Crippen LogP contribution < -0.4 is 5.73 Å². The van der Waals surface area contributed by atoms with Crippen LogP contribution in [0.25, 0.3) is 0 Å². The van der Waals surface area contributed by atoms with Crippen LogP contribution in [0.1, 0.15) is 18.6 Å². The topological polar surface area (TPSA) is 48.1 Å². The molecule has 1 aromatic rings. The predicted octanol–water partition coefficient (Wildman–Crippen LogP) is 2.05. The van der Waals surface area contributed by atoms with Crippen molar-refractivity contribution in [3.63, 3.8) is 0 Å². The number of aromatic nitrogens is 1. The van der Waals surface area contributed by atoms with Gasteiger partial charge in [-0.15, -0.1) is 0 Å². The molecular formula is C10H13F3N2O. The lowest BCUT2D eigenvalue weighted by molar-refractivity contribution is -0.187.